The molecular weight excluding hydrogens is 1650 g/mol. The van der Waals surface area contributed by atoms with Crippen LogP contribution in [0.25, 0.3) is 89.7 Å². The summed E-state index contributed by atoms with van der Waals surface area (Å²) < 4.78 is 17.6. The zero-order valence-corrected chi connectivity index (χ0v) is 78.8. The maximum absolute atomic E-state index is 6.13. The summed E-state index contributed by atoms with van der Waals surface area (Å²) in [6, 6.07) is 19.4. The third-order valence-corrected chi connectivity index (χ3v) is 26.4. The standard InChI is InChI=1S/C104H128N24.Zn/c1(9-25-57-121-65-49-105-73-121)17-33-81-41-42-82(34-18-2-10-26-58-122-66-50-106-74-122)90-89(81)97-113-98(90)118-100-93-85(37-21-5-13-29-61-125-69-53-109-77-125)45-46-86(38-22-6-14-30-62-126-70-54-110-78-126)94(93)102(115-100)120-104-96-88(40-24-8-16-32-64-128-72-56-112-80-128)48-47-87(39-23-7-15-31-63-127-71-55-111-79-127)95(96)103(116-104)119-101-92-84(36-20-4-12-28-60-124-68-52-108-76-124)44-43-83(91(92)99(114-101)117-97)35-19-3-11-27-59-123-67-51-107-75-123;/h41-56,65-80H,1-40,57-64H2;/q-2;+2. The SMILES string of the molecule is [Zn+2].c1cn(CCCCCCc2ccc(CCCCCCn3ccnc3)c3c2-c2nc-3nc3[n-]c(nc4nc(nc5[n-]c(n2)c2c(CCCCCCn6ccnc6)ccc(CCCCCCn6ccnc6)c52)-c2c(CCCCCCn5ccnc5)ccc(CCCCCCn5ccnc5)c2-4)c2c(CCCCCCn4ccnc4)ccc(CCCCCCn4ccnc4)c32)cn1. The van der Waals surface area contributed by atoms with Crippen LogP contribution in [0.1, 0.15) is 250 Å². The fraction of sp³-hybridized carbons (Fsp3) is 0.462. The number of rotatable bonds is 56. The molecule has 17 rings (SSSR count). The second-order valence-electron chi connectivity index (χ2n) is 35.7. The van der Waals surface area contributed by atoms with Crippen LogP contribution in [0.5, 0.6) is 0 Å². The number of fused-ring (bicyclic) bond motifs is 20. The molecule has 0 fully saturated rings. The Bertz CT molecular complexity index is 5280. The van der Waals surface area contributed by atoms with Crippen molar-refractivity contribution in [2.45, 2.75) is 309 Å². The molecule has 0 aliphatic carbocycles. The molecule has 24 nitrogen and oxygen atoms in total. The number of unbranched alkanes of at least 4 members (excludes halogenated alkanes) is 24. The van der Waals surface area contributed by atoms with Gasteiger partial charge in [0.2, 0.25) is 0 Å². The van der Waals surface area contributed by atoms with E-state index in [1.165, 1.54) is 44.5 Å². The van der Waals surface area contributed by atoms with E-state index < -0.39 is 0 Å². The van der Waals surface area contributed by atoms with E-state index in [-0.39, 0.29) is 19.5 Å². The molecule has 0 radical (unpaired) electrons. The van der Waals surface area contributed by atoms with Crippen LogP contribution in [-0.4, -0.2) is 106 Å². The number of benzene rings is 4. The topological polar surface area (TPSA) is 248 Å². The number of imidazole rings is 8. The summed E-state index contributed by atoms with van der Waals surface area (Å²) in [5.74, 6) is 2.63. The Balaban J connectivity index is 0.0000122. The van der Waals surface area contributed by atoms with E-state index >= 15 is 0 Å². The van der Waals surface area contributed by atoms with E-state index in [1.807, 2.05) is 100 Å². The number of hydrogen-bond donors (Lipinski definition) is 0. The monoisotopic (exact) mass is 1780 g/mol. The summed E-state index contributed by atoms with van der Waals surface area (Å²) in [5, 5.41) is 4.28. The third kappa shape index (κ3) is 24.8. The van der Waals surface area contributed by atoms with Crippen molar-refractivity contribution in [2.75, 3.05) is 0 Å². The minimum absolute atomic E-state index is 0. The number of aryl methyl sites for hydroxylation is 16. The fourth-order valence-electron chi connectivity index (χ4n) is 19.4. The van der Waals surface area contributed by atoms with Gasteiger partial charge in [-0.25, -0.2) is 49.8 Å². The van der Waals surface area contributed by atoms with Gasteiger partial charge in [0, 0.05) is 196 Å². The minimum atomic E-state index is 0. The number of nitrogens with zero attached hydrogens (tertiary/aromatic N) is 24. The Hall–Kier alpha value is -11.5. The summed E-state index contributed by atoms with van der Waals surface area (Å²) in [4.78, 5) is 83.4. The van der Waals surface area contributed by atoms with Crippen molar-refractivity contribution in [3.8, 4) is 45.6 Å². The summed E-state index contributed by atoms with van der Waals surface area (Å²) in [6.45, 7) is 7.63. The minimum Gasteiger partial charge on any atom is -0.357 e. The zero-order chi connectivity index (χ0) is 86.4. The normalized spacial score (nSPS) is 11.9. The van der Waals surface area contributed by atoms with Gasteiger partial charge in [0.05, 0.1) is 73.9 Å². The first-order chi connectivity index (χ1) is 63.5. The molecular formula is C104H128N24Zn. The van der Waals surface area contributed by atoms with Gasteiger partial charge in [-0.05, 0) is 220 Å². The maximum atomic E-state index is 6.13. The second kappa shape index (κ2) is 47.7. The van der Waals surface area contributed by atoms with E-state index in [2.05, 4.69) is 175 Å². The molecule has 11 aromatic heterocycles. The molecule has 129 heavy (non-hydrogen) atoms. The molecule has 0 atom stereocenters. The molecule has 0 saturated heterocycles. The summed E-state index contributed by atoms with van der Waals surface area (Å²) in [6.07, 6.45) is 88.3. The third-order valence-electron chi connectivity index (χ3n) is 26.4. The molecule has 25 heteroatoms. The molecule has 8 bridgehead atoms. The van der Waals surface area contributed by atoms with Gasteiger partial charge in [-0.3, -0.25) is 0 Å². The molecule has 0 N–H and O–H groups in total. The molecule has 15 aromatic rings. The van der Waals surface area contributed by atoms with Crippen LogP contribution in [0, 0.1) is 0 Å². The van der Waals surface area contributed by atoms with Gasteiger partial charge in [0.1, 0.15) is 0 Å². The van der Waals surface area contributed by atoms with Crippen LogP contribution in [0.2, 0.25) is 0 Å². The van der Waals surface area contributed by atoms with Crippen molar-refractivity contribution >= 4 is 44.1 Å². The Morgan fingerprint density at radius 2 is 0.333 bits per heavy atom. The van der Waals surface area contributed by atoms with Gasteiger partial charge in [-0.1, -0.05) is 151 Å². The van der Waals surface area contributed by atoms with Crippen molar-refractivity contribution in [2.24, 2.45) is 0 Å². The van der Waals surface area contributed by atoms with Gasteiger partial charge >= 0.3 is 19.5 Å². The Morgan fingerprint density at radius 1 is 0.178 bits per heavy atom. The predicted octanol–water partition coefficient (Wildman–Crippen LogP) is 22.1. The van der Waals surface area contributed by atoms with Gasteiger partial charge in [0.25, 0.3) is 0 Å². The average Bonchev–Trinajstić information content (AvgIpc) is 1.57. The Kier molecular flexibility index (Phi) is 33.6. The first-order valence-electron chi connectivity index (χ1n) is 48.5. The van der Waals surface area contributed by atoms with Crippen LogP contribution < -0.4 is 9.97 Å². The van der Waals surface area contributed by atoms with E-state index in [1.54, 1.807) is 0 Å². The largest absolute Gasteiger partial charge is 2.00 e. The first-order valence-corrected chi connectivity index (χ1v) is 48.5. The van der Waals surface area contributed by atoms with E-state index in [0.29, 0.717) is 45.9 Å². The smallest absolute Gasteiger partial charge is 0.357 e. The Labute approximate surface area is 772 Å². The summed E-state index contributed by atoms with van der Waals surface area (Å²) >= 11 is 0. The van der Waals surface area contributed by atoms with E-state index in [9.17, 15) is 0 Å². The first kappa shape index (κ1) is 90.9. The molecule has 0 spiro atoms. The number of hydrogen-bond acceptors (Lipinski definition) is 14. The van der Waals surface area contributed by atoms with Crippen LogP contribution in [0.4, 0.5) is 0 Å². The van der Waals surface area contributed by atoms with Gasteiger partial charge in [-0.2, -0.15) is 0 Å². The van der Waals surface area contributed by atoms with Gasteiger partial charge in [-0.15, -0.1) is 0 Å². The fourth-order valence-corrected chi connectivity index (χ4v) is 19.4. The summed E-state index contributed by atoms with van der Waals surface area (Å²) in [5.41, 5.74) is 16.8. The summed E-state index contributed by atoms with van der Waals surface area (Å²) in [7, 11) is 0. The molecule has 0 amide bonds. The van der Waals surface area contributed by atoms with Crippen molar-refractivity contribution in [1.82, 2.24) is 116 Å². The Morgan fingerprint density at radius 3 is 0.496 bits per heavy atom. The number of aromatic nitrogens is 24. The van der Waals surface area contributed by atoms with Crippen molar-refractivity contribution in [3.05, 3.63) is 243 Å². The van der Waals surface area contributed by atoms with Crippen LogP contribution in [0.15, 0.2) is 198 Å². The molecule has 0 saturated carbocycles. The van der Waals surface area contributed by atoms with Crippen LogP contribution >= 0.6 is 0 Å². The molecule has 2 aliphatic heterocycles. The van der Waals surface area contributed by atoms with Crippen molar-refractivity contribution in [3.63, 3.8) is 0 Å². The predicted molar refractivity (Wildman–Crippen MR) is 509 cm³/mol. The maximum Gasteiger partial charge on any atom is 2.00 e. The molecule has 0 unspecified atom stereocenters. The second-order valence-corrected chi connectivity index (χ2v) is 35.7. The molecule has 13 heterocycles. The zero-order valence-electron chi connectivity index (χ0n) is 75.9. The molecule has 4 aromatic carbocycles. The van der Waals surface area contributed by atoms with E-state index in [0.717, 1.165) is 353 Å². The molecule has 2 aliphatic rings. The van der Waals surface area contributed by atoms with Crippen molar-refractivity contribution < 1.29 is 19.5 Å². The van der Waals surface area contributed by atoms with E-state index in [4.69, 9.17) is 39.9 Å². The quantitative estimate of drug-likeness (QED) is 0.0254. The molecule has 666 valence electrons. The van der Waals surface area contributed by atoms with Gasteiger partial charge in [0.15, 0.2) is 0 Å². The van der Waals surface area contributed by atoms with Crippen molar-refractivity contribution in [1.29, 1.82) is 0 Å². The van der Waals surface area contributed by atoms with Crippen LogP contribution in [-0.2, 0) is 123 Å². The van der Waals surface area contributed by atoms with Gasteiger partial charge < -0.3 is 66.4 Å². The van der Waals surface area contributed by atoms with Crippen LogP contribution in [0.3, 0.4) is 0 Å². The average molecular weight is 1780 g/mol.